The summed E-state index contributed by atoms with van der Waals surface area (Å²) in [5.74, 6) is 0. The molecule has 0 atom stereocenters. The normalized spacial score (nSPS) is 8.11. The van der Waals surface area contributed by atoms with Gasteiger partial charge in [0.25, 0.3) is 0 Å². The molecule has 50 valence electrons. The number of benzene rings is 1. The fourth-order valence-corrected chi connectivity index (χ4v) is 0.714. The van der Waals surface area contributed by atoms with Crippen molar-refractivity contribution < 1.29 is 17.1 Å². The van der Waals surface area contributed by atoms with Crippen molar-refractivity contribution in [2.24, 2.45) is 0 Å². The van der Waals surface area contributed by atoms with Gasteiger partial charge in [-0.2, -0.15) is 0 Å². The molecule has 1 aromatic carbocycles. The van der Waals surface area contributed by atoms with Gasteiger partial charge < -0.3 is 0 Å². The van der Waals surface area contributed by atoms with Gasteiger partial charge in [0.2, 0.25) is 0 Å². The van der Waals surface area contributed by atoms with Crippen molar-refractivity contribution in [3.63, 3.8) is 0 Å². The standard InChI is InChI=1S/C8H10.Fe/c1-2-8-6-4-3-5-7-8;/h3-7H,2H2,1H3;. The molecule has 0 nitrogen and oxygen atoms in total. The minimum absolute atomic E-state index is 0. The van der Waals surface area contributed by atoms with Crippen LogP contribution >= 0.6 is 0 Å². The predicted molar refractivity (Wildman–Crippen MR) is 35.8 cm³/mol. The molecular formula is C8H10Fe. The molecule has 1 aromatic rings. The van der Waals surface area contributed by atoms with E-state index in [0.29, 0.717) is 0 Å². The first-order chi connectivity index (χ1) is 3.93. The Hall–Kier alpha value is -0.261. The van der Waals surface area contributed by atoms with Gasteiger partial charge in [-0.05, 0) is 12.0 Å². The largest absolute Gasteiger partial charge is 0.0622 e. The SMILES string of the molecule is CCc1ccccc1.[Fe]. The molecule has 0 amide bonds. The van der Waals surface area contributed by atoms with Gasteiger partial charge in [0, 0.05) is 17.1 Å². The third kappa shape index (κ3) is 2.69. The first-order valence-corrected chi connectivity index (χ1v) is 2.97. The van der Waals surface area contributed by atoms with Crippen molar-refractivity contribution in [1.82, 2.24) is 0 Å². The van der Waals surface area contributed by atoms with Gasteiger partial charge in [0.15, 0.2) is 0 Å². The van der Waals surface area contributed by atoms with Gasteiger partial charge in [0.1, 0.15) is 0 Å². The van der Waals surface area contributed by atoms with Crippen molar-refractivity contribution in [2.45, 2.75) is 13.3 Å². The maximum atomic E-state index is 2.16. The molecule has 0 N–H and O–H groups in total. The molecule has 0 aliphatic rings. The van der Waals surface area contributed by atoms with Crippen molar-refractivity contribution in [1.29, 1.82) is 0 Å². The van der Waals surface area contributed by atoms with E-state index in [1.165, 1.54) is 5.56 Å². The zero-order chi connectivity index (χ0) is 5.82. The van der Waals surface area contributed by atoms with Crippen LogP contribution in [-0.2, 0) is 23.5 Å². The summed E-state index contributed by atoms with van der Waals surface area (Å²) in [4.78, 5) is 0. The van der Waals surface area contributed by atoms with Crippen LogP contribution in [0.4, 0.5) is 0 Å². The molecule has 9 heavy (non-hydrogen) atoms. The number of hydrogen-bond acceptors (Lipinski definition) is 0. The second-order valence-electron chi connectivity index (χ2n) is 1.84. The summed E-state index contributed by atoms with van der Waals surface area (Å²) in [6.07, 6.45) is 1.14. The summed E-state index contributed by atoms with van der Waals surface area (Å²) in [6, 6.07) is 10.5. The Bertz CT molecular complexity index is 146. The fraction of sp³-hybridized carbons (Fsp3) is 0.250. The molecule has 0 heterocycles. The molecule has 0 bridgehead atoms. The number of aryl methyl sites for hydroxylation is 1. The van der Waals surface area contributed by atoms with Crippen molar-refractivity contribution >= 4 is 0 Å². The van der Waals surface area contributed by atoms with E-state index in [-0.39, 0.29) is 17.1 Å². The Morgan fingerprint density at radius 1 is 1.11 bits per heavy atom. The van der Waals surface area contributed by atoms with E-state index >= 15 is 0 Å². The van der Waals surface area contributed by atoms with E-state index in [9.17, 15) is 0 Å². The zero-order valence-electron chi connectivity index (χ0n) is 5.45. The molecule has 0 spiro atoms. The van der Waals surface area contributed by atoms with Crippen molar-refractivity contribution in [2.75, 3.05) is 0 Å². The molecule has 0 unspecified atom stereocenters. The molecule has 1 heteroatoms. The third-order valence-electron chi connectivity index (χ3n) is 1.25. The maximum absolute atomic E-state index is 2.16. The van der Waals surface area contributed by atoms with E-state index in [2.05, 4.69) is 31.2 Å². The third-order valence-corrected chi connectivity index (χ3v) is 1.25. The molecule has 0 saturated heterocycles. The number of rotatable bonds is 1. The van der Waals surface area contributed by atoms with Gasteiger partial charge in [-0.3, -0.25) is 0 Å². The molecule has 1 rings (SSSR count). The Labute approximate surface area is 66.8 Å². The van der Waals surface area contributed by atoms with Crippen LogP contribution in [0, 0.1) is 0 Å². The summed E-state index contributed by atoms with van der Waals surface area (Å²) in [5, 5.41) is 0. The number of hydrogen-bond donors (Lipinski definition) is 0. The molecule has 0 radical (unpaired) electrons. The van der Waals surface area contributed by atoms with Crippen LogP contribution in [0.2, 0.25) is 0 Å². The maximum Gasteiger partial charge on any atom is 0 e. The summed E-state index contributed by atoms with van der Waals surface area (Å²) < 4.78 is 0. The van der Waals surface area contributed by atoms with Crippen LogP contribution in [0.3, 0.4) is 0 Å². The van der Waals surface area contributed by atoms with Crippen LogP contribution in [0.1, 0.15) is 12.5 Å². The minimum Gasteiger partial charge on any atom is -0.0622 e. The smallest absolute Gasteiger partial charge is 0 e. The Morgan fingerprint density at radius 2 is 1.67 bits per heavy atom. The van der Waals surface area contributed by atoms with Gasteiger partial charge in [-0.25, -0.2) is 0 Å². The first-order valence-electron chi connectivity index (χ1n) is 2.97. The van der Waals surface area contributed by atoms with E-state index in [0.717, 1.165) is 6.42 Å². The Balaban J connectivity index is 0.000000640. The average Bonchev–Trinajstić information content (AvgIpc) is 1.90. The van der Waals surface area contributed by atoms with Crippen LogP contribution in [0.5, 0.6) is 0 Å². The first kappa shape index (κ1) is 8.74. The molecule has 0 aliphatic heterocycles. The fourth-order valence-electron chi connectivity index (χ4n) is 0.714. The van der Waals surface area contributed by atoms with Gasteiger partial charge >= 0.3 is 0 Å². The Kier molecular flexibility index (Phi) is 4.47. The summed E-state index contributed by atoms with van der Waals surface area (Å²) in [5.41, 5.74) is 1.41. The summed E-state index contributed by atoms with van der Waals surface area (Å²) >= 11 is 0. The van der Waals surface area contributed by atoms with Crippen molar-refractivity contribution in [3.8, 4) is 0 Å². The second kappa shape index (κ2) is 4.60. The minimum atomic E-state index is 0. The van der Waals surface area contributed by atoms with Crippen LogP contribution in [-0.4, -0.2) is 0 Å². The molecule has 0 aliphatic carbocycles. The monoisotopic (exact) mass is 162 g/mol. The topological polar surface area (TPSA) is 0 Å². The van der Waals surface area contributed by atoms with E-state index in [4.69, 9.17) is 0 Å². The quantitative estimate of drug-likeness (QED) is 0.555. The van der Waals surface area contributed by atoms with Gasteiger partial charge in [-0.15, -0.1) is 0 Å². The predicted octanol–water partition coefficient (Wildman–Crippen LogP) is 2.25. The van der Waals surface area contributed by atoms with Gasteiger partial charge in [-0.1, -0.05) is 37.3 Å². The van der Waals surface area contributed by atoms with Crippen LogP contribution < -0.4 is 0 Å². The average molecular weight is 162 g/mol. The zero-order valence-corrected chi connectivity index (χ0v) is 6.55. The molecular weight excluding hydrogens is 152 g/mol. The van der Waals surface area contributed by atoms with E-state index in [1.54, 1.807) is 0 Å². The van der Waals surface area contributed by atoms with Crippen molar-refractivity contribution in [3.05, 3.63) is 35.9 Å². The van der Waals surface area contributed by atoms with Crippen LogP contribution in [0.25, 0.3) is 0 Å². The summed E-state index contributed by atoms with van der Waals surface area (Å²) in [6.45, 7) is 2.16. The van der Waals surface area contributed by atoms with Crippen LogP contribution in [0.15, 0.2) is 30.3 Å². The molecule has 0 saturated carbocycles. The second-order valence-corrected chi connectivity index (χ2v) is 1.84. The van der Waals surface area contributed by atoms with E-state index < -0.39 is 0 Å². The molecule has 0 fully saturated rings. The van der Waals surface area contributed by atoms with Gasteiger partial charge in [0.05, 0.1) is 0 Å². The van der Waals surface area contributed by atoms with E-state index in [1.807, 2.05) is 6.07 Å². The Morgan fingerprint density at radius 3 is 2.00 bits per heavy atom. The summed E-state index contributed by atoms with van der Waals surface area (Å²) in [7, 11) is 0. The molecule has 0 aromatic heterocycles.